The summed E-state index contributed by atoms with van der Waals surface area (Å²) < 4.78 is 0. The maximum atomic E-state index is 4.59. The molecular weight excluding hydrogens is 252 g/mol. The van der Waals surface area contributed by atoms with E-state index in [4.69, 9.17) is 0 Å². The van der Waals surface area contributed by atoms with Crippen LogP contribution in [0.15, 0.2) is 24.3 Å². The highest BCUT2D eigenvalue weighted by Gasteiger charge is 2.18. The molecule has 1 aliphatic rings. The van der Waals surface area contributed by atoms with Crippen LogP contribution >= 0.6 is 11.3 Å². The van der Waals surface area contributed by atoms with Crippen LogP contribution in [0.2, 0.25) is 0 Å². The zero-order valence-electron chi connectivity index (χ0n) is 11.6. The molecule has 19 heavy (non-hydrogen) atoms. The van der Waals surface area contributed by atoms with Gasteiger partial charge in [0.05, 0.1) is 5.69 Å². The van der Waals surface area contributed by atoms with Crippen molar-refractivity contribution in [2.45, 2.75) is 45.7 Å². The van der Waals surface area contributed by atoms with E-state index in [9.17, 15) is 0 Å². The standard InChI is InChI=1S/C16H20N2S/c1-11-12(2)19-16(18-11)10-17-15-8-7-13-5-3-4-6-14(13)9-15/h3-6,15,17H,7-10H2,1-2H3. The van der Waals surface area contributed by atoms with Crippen LogP contribution in [-0.2, 0) is 19.4 Å². The molecule has 3 rings (SSSR count). The summed E-state index contributed by atoms with van der Waals surface area (Å²) in [5.41, 5.74) is 4.22. The van der Waals surface area contributed by atoms with Crippen molar-refractivity contribution in [3.05, 3.63) is 51.0 Å². The summed E-state index contributed by atoms with van der Waals surface area (Å²) in [7, 11) is 0. The third kappa shape index (κ3) is 2.88. The largest absolute Gasteiger partial charge is 0.307 e. The van der Waals surface area contributed by atoms with E-state index in [-0.39, 0.29) is 0 Å². The molecular formula is C16H20N2S. The second-order valence-corrected chi connectivity index (χ2v) is 6.63. The van der Waals surface area contributed by atoms with E-state index in [1.54, 1.807) is 0 Å². The molecule has 2 aromatic rings. The minimum absolute atomic E-state index is 0.597. The number of nitrogens with zero attached hydrogens (tertiary/aromatic N) is 1. The molecule has 0 amide bonds. The van der Waals surface area contributed by atoms with Gasteiger partial charge in [0, 0.05) is 17.5 Å². The predicted molar refractivity (Wildman–Crippen MR) is 80.7 cm³/mol. The van der Waals surface area contributed by atoms with Crippen molar-refractivity contribution in [2.75, 3.05) is 0 Å². The van der Waals surface area contributed by atoms with Gasteiger partial charge in [-0.05, 0) is 44.2 Å². The van der Waals surface area contributed by atoms with Crippen molar-refractivity contribution >= 4 is 11.3 Å². The minimum atomic E-state index is 0.597. The predicted octanol–water partition coefficient (Wildman–Crippen LogP) is 3.41. The van der Waals surface area contributed by atoms with E-state index in [2.05, 4.69) is 48.4 Å². The smallest absolute Gasteiger partial charge is 0.107 e. The van der Waals surface area contributed by atoms with Crippen LogP contribution in [0, 0.1) is 13.8 Å². The van der Waals surface area contributed by atoms with Gasteiger partial charge < -0.3 is 5.32 Å². The topological polar surface area (TPSA) is 24.9 Å². The molecule has 1 atom stereocenters. The van der Waals surface area contributed by atoms with Crippen molar-refractivity contribution in [1.82, 2.24) is 10.3 Å². The molecule has 0 aliphatic heterocycles. The Bertz CT molecular complexity index is 554. The number of aryl methyl sites for hydroxylation is 3. The number of hydrogen-bond acceptors (Lipinski definition) is 3. The van der Waals surface area contributed by atoms with E-state index in [0.29, 0.717) is 6.04 Å². The van der Waals surface area contributed by atoms with Crippen LogP contribution in [0.5, 0.6) is 0 Å². The maximum Gasteiger partial charge on any atom is 0.107 e. The van der Waals surface area contributed by atoms with Gasteiger partial charge in [-0.15, -0.1) is 11.3 Å². The summed E-state index contributed by atoms with van der Waals surface area (Å²) in [6.45, 7) is 5.14. The highest BCUT2D eigenvalue weighted by Crippen LogP contribution is 2.22. The van der Waals surface area contributed by atoms with Crippen molar-refractivity contribution in [1.29, 1.82) is 0 Å². The molecule has 0 saturated carbocycles. The molecule has 100 valence electrons. The van der Waals surface area contributed by atoms with Crippen molar-refractivity contribution in [3.63, 3.8) is 0 Å². The summed E-state index contributed by atoms with van der Waals surface area (Å²) in [5.74, 6) is 0. The van der Waals surface area contributed by atoms with Gasteiger partial charge in [0.1, 0.15) is 5.01 Å². The minimum Gasteiger partial charge on any atom is -0.307 e. The van der Waals surface area contributed by atoms with E-state index in [0.717, 1.165) is 13.0 Å². The second-order valence-electron chi connectivity index (χ2n) is 5.34. The number of thiazole rings is 1. The number of benzene rings is 1. The Balaban J connectivity index is 1.60. The van der Waals surface area contributed by atoms with Crippen molar-refractivity contribution < 1.29 is 0 Å². The maximum absolute atomic E-state index is 4.59. The molecule has 0 saturated heterocycles. The SMILES string of the molecule is Cc1nc(CNC2CCc3ccccc3C2)sc1C. The lowest BCUT2D eigenvalue weighted by Crippen LogP contribution is -2.34. The third-order valence-electron chi connectivity index (χ3n) is 3.96. The summed E-state index contributed by atoms with van der Waals surface area (Å²) in [5, 5.41) is 4.88. The molecule has 1 aromatic heterocycles. The average molecular weight is 272 g/mol. The molecule has 1 unspecified atom stereocenters. The van der Waals surface area contributed by atoms with E-state index in [1.165, 1.54) is 39.5 Å². The quantitative estimate of drug-likeness (QED) is 0.926. The fourth-order valence-corrected chi connectivity index (χ4v) is 3.60. The first-order valence-electron chi connectivity index (χ1n) is 6.95. The molecule has 0 radical (unpaired) electrons. The summed E-state index contributed by atoms with van der Waals surface area (Å²) in [6, 6.07) is 9.42. The van der Waals surface area contributed by atoms with Gasteiger partial charge in [0.15, 0.2) is 0 Å². The molecule has 0 spiro atoms. The average Bonchev–Trinajstić information content (AvgIpc) is 2.75. The fourth-order valence-electron chi connectivity index (χ4n) is 2.72. The lowest BCUT2D eigenvalue weighted by Gasteiger charge is -2.25. The first kappa shape index (κ1) is 12.8. The molecule has 1 N–H and O–H groups in total. The van der Waals surface area contributed by atoms with Gasteiger partial charge in [-0.25, -0.2) is 4.98 Å². The third-order valence-corrected chi connectivity index (χ3v) is 5.03. The lowest BCUT2D eigenvalue weighted by molar-refractivity contribution is 0.457. The Morgan fingerprint density at radius 3 is 2.79 bits per heavy atom. The van der Waals surface area contributed by atoms with Gasteiger partial charge in [0.2, 0.25) is 0 Å². The van der Waals surface area contributed by atoms with Crippen LogP contribution < -0.4 is 5.32 Å². The Hall–Kier alpha value is -1.19. The Labute approximate surface area is 118 Å². The Morgan fingerprint density at radius 2 is 2.05 bits per heavy atom. The lowest BCUT2D eigenvalue weighted by atomic mass is 9.88. The first-order valence-corrected chi connectivity index (χ1v) is 7.77. The normalized spacial score (nSPS) is 18.3. The highest BCUT2D eigenvalue weighted by atomic mass is 32.1. The highest BCUT2D eigenvalue weighted by molar-refractivity contribution is 7.11. The number of hydrogen-bond donors (Lipinski definition) is 1. The zero-order valence-corrected chi connectivity index (χ0v) is 12.4. The molecule has 2 nitrogen and oxygen atoms in total. The Kier molecular flexibility index (Phi) is 3.67. The Morgan fingerprint density at radius 1 is 1.26 bits per heavy atom. The van der Waals surface area contributed by atoms with Gasteiger partial charge in [-0.2, -0.15) is 0 Å². The van der Waals surface area contributed by atoms with Crippen molar-refractivity contribution in [2.24, 2.45) is 0 Å². The van der Waals surface area contributed by atoms with Crippen LogP contribution in [0.4, 0.5) is 0 Å². The molecule has 1 aliphatic carbocycles. The van der Waals surface area contributed by atoms with Crippen LogP contribution in [0.25, 0.3) is 0 Å². The fraction of sp³-hybridized carbons (Fsp3) is 0.438. The summed E-state index contributed by atoms with van der Waals surface area (Å²) >= 11 is 1.81. The molecule has 1 heterocycles. The van der Waals surface area contributed by atoms with Crippen LogP contribution in [0.1, 0.15) is 33.1 Å². The van der Waals surface area contributed by atoms with Gasteiger partial charge >= 0.3 is 0 Å². The number of fused-ring (bicyclic) bond motifs is 1. The van der Waals surface area contributed by atoms with Gasteiger partial charge in [-0.3, -0.25) is 0 Å². The number of nitrogens with one attached hydrogen (secondary N) is 1. The van der Waals surface area contributed by atoms with E-state index >= 15 is 0 Å². The molecule has 3 heteroatoms. The van der Waals surface area contributed by atoms with Crippen LogP contribution in [0.3, 0.4) is 0 Å². The molecule has 0 bridgehead atoms. The molecule has 1 aromatic carbocycles. The van der Waals surface area contributed by atoms with Crippen LogP contribution in [-0.4, -0.2) is 11.0 Å². The van der Waals surface area contributed by atoms with E-state index < -0.39 is 0 Å². The second kappa shape index (κ2) is 5.43. The van der Waals surface area contributed by atoms with Gasteiger partial charge in [-0.1, -0.05) is 24.3 Å². The molecule has 0 fully saturated rings. The summed E-state index contributed by atoms with van der Waals surface area (Å²) in [4.78, 5) is 5.93. The first-order chi connectivity index (χ1) is 9.22. The number of aromatic nitrogens is 1. The summed E-state index contributed by atoms with van der Waals surface area (Å²) in [6.07, 6.45) is 3.59. The van der Waals surface area contributed by atoms with Crippen molar-refractivity contribution in [3.8, 4) is 0 Å². The number of rotatable bonds is 3. The van der Waals surface area contributed by atoms with Gasteiger partial charge in [0.25, 0.3) is 0 Å². The monoisotopic (exact) mass is 272 g/mol. The zero-order chi connectivity index (χ0) is 13.2. The van der Waals surface area contributed by atoms with E-state index in [1.807, 2.05) is 11.3 Å².